The van der Waals surface area contributed by atoms with Crippen LogP contribution in [0.5, 0.6) is 5.75 Å². The van der Waals surface area contributed by atoms with Gasteiger partial charge in [0.1, 0.15) is 11.6 Å². The molecule has 0 bridgehead atoms. The van der Waals surface area contributed by atoms with Crippen LogP contribution in [-0.4, -0.2) is 5.11 Å². The fourth-order valence-corrected chi connectivity index (χ4v) is 4.61. The molecule has 0 saturated carbocycles. The summed E-state index contributed by atoms with van der Waals surface area (Å²) in [5.41, 5.74) is 5.64. The summed E-state index contributed by atoms with van der Waals surface area (Å²) < 4.78 is 16.2. The second-order valence-corrected chi connectivity index (χ2v) is 8.83. The van der Waals surface area contributed by atoms with Crippen molar-refractivity contribution in [3.05, 3.63) is 132 Å². The predicted octanol–water partition coefficient (Wildman–Crippen LogP) is 9.10. The normalized spacial score (nSPS) is 10.8. The van der Waals surface area contributed by atoms with Crippen LogP contribution in [0.25, 0.3) is 22.3 Å². The first kappa shape index (κ1) is 21.9. The lowest BCUT2D eigenvalue weighted by atomic mass is 10.0. The van der Waals surface area contributed by atoms with Crippen molar-refractivity contribution in [1.29, 1.82) is 0 Å². The largest absolute Gasteiger partial charge is 0.508 e. The average molecular weight is 510 g/mol. The molecule has 0 amide bonds. The number of para-hydroxylation sites is 1. The van der Waals surface area contributed by atoms with Crippen molar-refractivity contribution in [3.63, 3.8) is 0 Å². The molecule has 0 aromatic heterocycles. The van der Waals surface area contributed by atoms with Crippen LogP contribution in [0, 0.1) is 5.82 Å². The molecule has 5 aromatic rings. The summed E-state index contributed by atoms with van der Waals surface area (Å²) in [7, 11) is 0. The van der Waals surface area contributed by atoms with Gasteiger partial charge in [0.15, 0.2) is 0 Å². The number of hydrogen-bond donors (Lipinski definition) is 1. The smallest absolute Gasteiger partial charge is 0.133 e. The Morgan fingerprint density at radius 1 is 0.588 bits per heavy atom. The van der Waals surface area contributed by atoms with Gasteiger partial charge in [0.25, 0.3) is 0 Å². The van der Waals surface area contributed by atoms with Crippen molar-refractivity contribution in [2.45, 2.75) is 0 Å². The molecule has 0 radical (unpaired) electrons. The lowest BCUT2D eigenvalue weighted by Crippen LogP contribution is -2.11. The molecule has 0 unspecified atom stereocenters. The van der Waals surface area contributed by atoms with Crippen LogP contribution in [0.15, 0.2) is 126 Å². The first-order chi connectivity index (χ1) is 16.6. The molecular formula is C30H21BrFNO. The quantitative estimate of drug-likeness (QED) is 0.255. The zero-order valence-corrected chi connectivity index (χ0v) is 19.8. The maximum atomic E-state index is 15.4. The van der Waals surface area contributed by atoms with Gasteiger partial charge in [0.05, 0.1) is 11.4 Å². The third-order valence-electron chi connectivity index (χ3n) is 5.65. The van der Waals surface area contributed by atoms with Crippen molar-refractivity contribution < 1.29 is 9.50 Å². The van der Waals surface area contributed by atoms with Crippen LogP contribution in [0.4, 0.5) is 21.5 Å². The van der Waals surface area contributed by atoms with Gasteiger partial charge in [-0.05, 0) is 47.5 Å². The maximum Gasteiger partial charge on any atom is 0.133 e. The van der Waals surface area contributed by atoms with Crippen LogP contribution in [0.2, 0.25) is 0 Å². The Kier molecular flexibility index (Phi) is 6.15. The van der Waals surface area contributed by atoms with E-state index in [1.165, 1.54) is 0 Å². The van der Waals surface area contributed by atoms with Crippen molar-refractivity contribution >= 4 is 33.0 Å². The van der Waals surface area contributed by atoms with E-state index >= 15 is 4.39 Å². The number of phenols is 1. The Hall–Kier alpha value is -3.89. The van der Waals surface area contributed by atoms with Gasteiger partial charge in [-0.3, -0.25) is 0 Å². The van der Waals surface area contributed by atoms with Crippen molar-refractivity contribution in [3.8, 4) is 28.0 Å². The van der Waals surface area contributed by atoms with Crippen molar-refractivity contribution in [1.82, 2.24) is 0 Å². The topological polar surface area (TPSA) is 23.5 Å². The number of anilines is 3. The van der Waals surface area contributed by atoms with Gasteiger partial charge in [-0.2, -0.15) is 0 Å². The first-order valence-electron chi connectivity index (χ1n) is 10.9. The van der Waals surface area contributed by atoms with Crippen molar-refractivity contribution in [2.75, 3.05) is 4.90 Å². The Morgan fingerprint density at radius 2 is 1.21 bits per heavy atom. The number of hydrogen-bond acceptors (Lipinski definition) is 2. The Bertz CT molecular complexity index is 1420. The number of phenolic OH excluding ortho intramolecular Hbond substituents is 1. The molecule has 34 heavy (non-hydrogen) atoms. The fraction of sp³-hybridized carbons (Fsp3) is 0. The van der Waals surface area contributed by atoms with E-state index < -0.39 is 0 Å². The molecule has 5 aromatic carbocycles. The highest BCUT2D eigenvalue weighted by Gasteiger charge is 2.19. The minimum Gasteiger partial charge on any atom is -0.508 e. The number of aromatic hydroxyl groups is 1. The molecular weight excluding hydrogens is 489 g/mol. The van der Waals surface area contributed by atoms with E-state index in [2.05, 4.69) is 28.1 Å². The summed E-state index contributed by atoms with van der Waals surface area (Å²) in [5.74, 6) is -0.196. The lowest BCUT2D eigenvalue weighted by Gasteiger charge is -2.28. The Morgan fingerprint density at radius 3 is 1.85 bits per heavy atom. The van der Waals surface area contributed by atoms with Crippen LogP contribution in [-0.2, 0) is 0 Å². The lowest BCUT2D eigenvalue weighted by molar-refractivity contribution is 0.475. The highest BCUT2D eigenvalue weighted by Crippen LogP contribution is 2.43. The van der Waals surface area contributed by atoms with Gasteiger partial charge in [0.2, 0.25) is 0 Å². The monoisotopic (exact) mass is 509 g/mol. The molecule has 4 heteroatoms. The molecule has 0 fully saturated rings. The minimum absolute atomic E-state index is 0.118. The Labute approximate surface area is 206 Å². The maximum absolute atomic E-state index is 15.4. The van der Waals surface area contributed by atoms with Crippen molar-refractivity contribution in [2.24, 2.45) is 0 Å². The summed E-state index contributed by atoms with van der Waals surface area (Å²) >= 11 is 3.49. The highest BCUT2D eigenvalue weighted by atomic mass is 79.9. The highest BCUT2D eigenvalue weighted by molar-refractivity contribution is 9.10. The van der Waals surface area contributed by atoms with E-state index in [-0.39, 0.29) is 11.6 Å². The van der Waals surface area contributed by atoms with E-state index in [1.807, 2.05) is 89.8 Å². The van der Waals surface area contributed by atoms with E-state index in [0.29, 0.717) is 16.9 Å². The van der Waals surface area contributed by atoms with Gasteiger partial charge in [-0.25, -0.2) is 4.39 Å². The number of rotatable bonds is 5. The molecule has 0 atom stereocenters. The van der Waals surface area contributed by atoms with Gasteiger partial charge < -0.3 is 10.0 Å². The predicted molar refractivity (Wildman–Crippen MR) is 141 cm³/mol. The molecule has 0 spiro atoms. The minimum atomic E-state index is -0.315. The van der Waals surface area contributed by atoms with Crippen LogP contribution in [0.3, 0.4) is 0 Å². The van der Waals surface area contributed by atoms with Crippen LogP contribution in [0.1, 0.15) is 0 Å². The molecule has 2 nitrogen and oxygen atoms in total. The van der Waals surface area contributed by atoms with Gasteiger partial charge in [0, 0.05) is 27.4 Å². The van der Waals surface area contributed by atoms with Crippen LogP contribution < -0.4 is 4.90 Å². The fourth-order valence-electron chi connectivity index (χ4n) is 4.14. The first-order valence-corrected chi connectivity index (χ1v) is 11.7. The molecule has 0 aliphatic rings. The van der Waals surface area contributed by atoms with Crippen LogP contribution >= 0.6 is 15.9 Å². The summed E-state index contributed by atoms with van der Waals surface area (Å²) in [4.78, 5) is 1.96. The third-order valence-corrected chi connectivity index (χ3v) is 6.11. The SMILES string of the molecule is Oc1cc(Br)cc(N(c2ccc(-c3ccccc3)c(F)c2)c2ccccc2-c2ccccc2)c1. The zero-order chi connectivity index (χ0) is 23.5. The molecule has 0 saturated heterocycles. The standard InChI is InChI=1S/C30H21BrFNO/c31-23-17-25(19-26(34)18-23)33(30-14-8-7-13-28(30)22-11-5-2-6-12-22)24-15-16-27(29(32)20-24)21-9-3-1-4-10-21/h1-20,34H. The molecule has 0 aliphatic carbocycles. The zero-order valence-electron chi connectivity index (χ0n) is 18.2. The van der Waals surface area contributed by atoms with Gasteiger partial charge in [-0.1, -0.05) is 94.8 Å². The summed E-state index contributed by atoms with van der Waals surface area (Å²) in [6, 6.07) is 38.0. The van der Waals surface area contributed by atoms with E-state index in [0.717, 1.165) is 26.9 Å². The number of benzene rings is 5. The molecule has 5 rings (SSSR count). The molecule has 0 heterocycles. The van der Waals surface area contributed by atoms with E-state index in [9.17, 15) is 5.11 Å². The second-order valence-electron chi connectivity index (χ2n) is 7.92. The molecule has 166 valence electrons. The van der Waals surface area contributed by atoms with E-state index in [4.69, 9.17) is 0 Å². The molecule has 1 N–H and O–H groups in total. The summed E-state index contributed by atoms with van der Waals surface area (Å²) in [6.07, 6.45) is 0. The molecule has 0 aliphatic heterocycles. The summed E-state index contributed by atoms with van der Waals surface area (Å²) in [6.45, 7) is 0. The average Bonchev–Trinajstić information content (AvgIpc) is 2.85. The number of halogens is 2. The van der Waals surface area contributed by atoms with Gasteiger partial charge >= 0.3 is 0 Å². The Balaban J connectivity index is 1.71. The van der Waals surface area contributed by atoms with E-state index in [1.54, 1.807) is 24.3 Å². The third kappa shape index (κ3) is 4.45. The second kappa shape index (κ2) is 9.54. The van der Waals surface area contributed by atoms with Gasteiger partial charge in [-0.15, -0.1) is 0 Å². The summed E-state index contributed by atoms with van der Waals surface area (Å²) in [5, 5.41) is 10.3. The number of nitrogens with zero attached hydrogens (tertiary/aromatic N) is 1.